The Hall–Kier alpha value is -2.55. The fourth-order valence-electron chi connectivity index (χ4n) is 1.94. The van der Waals surface area contributed by atoms with E-state index in [1.54, 1.807) is 0 Å². The van der Waals surface area contributed by atoms with E-state index in [9.17, 15) is 13.6 Å². The van der Waals surface area contributed by atoms with Crippen LogP contribution in [0.25, 0.3) is 0 Å². The van der Waals surface area contributed by atoms with E-state index in [4.69, 9.17) is 21.4 Å². The number of phenols is 1. The Bertz CT molecular complexity index is 559. The zero-order chi connectivity index (χ0) is 15.6. The summed E-state index contributed by atoms with van der Waals surface area (Å²) in [4.78, 5) is 12.8. The fourth-order valence-corrected chi connectivity index (χ4v) is 1.94. The smallest absolute Gasteiger partial charge is 0.414 e. The van der Waals surface area contributed by atoms with Gasteiger partial charge >= 0.3 is 6.09 Å². The number of hydrogen-bond donors (Lipinski definition) is 3. The Morgan fingerprint density at radius 3 is 2.67 bits per heavy atom. The number of carbonyl (C=O) groups excluding carboxylic acids is 1. The molecule has 1 aliphatic heterocycles. The molecule has 0 radical (unpaired) electrons. The van der Waals surface area contributed by atoms with Crippen molar-refractivity contribution in [2.75, 3.05) is 18.0 Å². The van der Waals surface area contributed by atoms with Crippen LogP contribution in [0.1, 0.15) is 0 Å². The van der Waals surface area contributed by atoms with Gasteiger partial charge in [-0.3, -0.25) is 4.90 Å². The lowest BCUT2D eigenvalue weighted by molar-refractivity contribution is 0.122. The number of anilines is 1. The number of benzene rings is 1. The van der Waals surface area contributed by atoms with Gasteiger partial charge in [0.05, 0.1) is 18.8 Å². The molecule has 9 heteroatoms. The first-order valence-corrected chi connectivity index (χ1v) is 5.98. The molecule has 114 valence electrons. The van der Waals surface area contributed by atoms with Crippen LogP contribution < -0.4 is 16.5 Å². The first kappa shape index (κ1) is 14.9. The summed E-state index contributed by atoms with van der Waals surface area (Å²) in [6.45, 7) is 0.230. The second-order valence-corrected chi connectivity index (χ2v) is 4.41. The number of rotatable bonds is 4. The van der Waals surface area contributed by atoms with Crippen LogP contribution in [0, 0.1) is 11.6 Å². The van der Waals surface area contributed by atoms with E-state index in [1.165, 1.54) is 17.4 Å². The third-order valence-electron chi connectivity index (χ3n) is 2.88. The van der Waals surface area contributed by atoms with Crippen molar-refractivity contribution >= 4 is 11.8 Å². The Kier molecular flexibility index (Phi) is 4.13. The molecule has 1 saturated heterocycles. The number of nitrogens with zero attached hydrogens (tertiary/aromatic N) is 2. The minimum atomic E-state index is -1.16. The number of hydrogen-bond acceptors (Lipinski definition) is 6. The Labute approximate surface area is 118 Å². The van der Waals surface area contributed by atoms with Gasteiger partial charge in [0, 0.05) is 24.5 Å². The van der Waals surface area contributed by atoms with Crippen molar-refractivity contribution in [2.45, 2.75) is 6.10 Å². The number of aromatic hydroxyl groups is 1. The molecular formula is C12H14F2N4O3. The molecule has 1 aromatic rings. The van der Waals surface area contributed by atoms with Gasteiger partial charge < -0.3 is 20.6 Å². The maximum Gasteiger partial charge on any atom is 0.414 e. The van der Waals surface area contributed by atoms with Gasteiger partial charge in [0.25, 0.3) is 0 Å². The third kappa shape index (κ3) is 3.14. The standard InChI is InChI=1S/C12H14F2N4O3/c13-9-3-7(4-10(14)11(9)19)18-6-8(21-12(18)20)5-17(16)2-1-15/h1-4,8,19H,5-6,15-16H2/b2-1-. The summed E-state index contributed by atoms with van der Waals surface area (Å²) in [5.74, 6) is 2.15. The topological polar surface area (TPSA) is 105 Å². The normalized spacial score (nSPS) is 18.3. The first-order chi connectivity index (χ1) is 9.92. The van der Waals surface area contributed by atoms with Crippen LogP contribution >= 0.6 is 0 Å². The average molecular weight is 300 g/mol. The average Bonchev–Trinajstić information content (AvgIpc) is 2.76. The molecular weight excluding hydrogens is 286 g/mol. The first-order valence-electron chi connectivity index (χ1n) is 5.98. The zero-order valence-corrected chi connectivity index (χ0v) is 10.9. The molecule has 1 fully saturated rings. The van der Waals surface area contributed by atoms with Gasteiger partial charge in [0.2, 0.25) is 0 Å². The number of carbonyl (C=O) groups is 1. The third-order valence-corrected chi connectivity index (χ3v) is 2.88. The highest BCUT2D eigenvalue weighted by atomic mass is 19.1. The van der Waals surface area contributed by atoms with E-state index < -0.39 is 29.6 Å². The van der Waals surface area contributed by atoms with Crippen molar-refractivity contribution in [1.29, 1.82) is 0 Å². The van der Waals surface area contributed by atoms with Crippen LogP contribution in [-0.2, 0) is 4.74 Å². The van der Waals surface area contributed by atoms with Crippen LogP contribution in [0.15, 0.2) is 24.5 Å². The summed E-state index contributed by atoms with van der Waals surface area (Å²) >= 11 is 0. The highest BCUT2D eigenvalue weighted by Crippen LogP contribution is 2.29. The lowest BCUT2D eigenvalue weighted by Crippen LogP contribution is -2.36. The predicted molar refractivity (Wildman–Crippen MR) is 69.9 cm³/mol. The van der Waals surface area contributed by atoms with Crippen molar-refractivity contribution in [3.63, 3.8) is 0 Å². The summed E-state index contributed by atoms with van der Waals surface area (Å²) in [5, 5.41) is 10.3. The van der Waals surface area contributed by atoms with E-state index in [1.807, 2.05) is 0 Å². The van der Waals surface area contributed by atoms with Gasteiger partial charge in [-0.15, -0.1) is 0 Å². The Morgan fingerprint density at radius 1 is 1.48 bits per heavy atom. The highest BCUT2D eigenvalue weighted by Gasteiger charge is 2.33. The van der Waals surface area contributed by atoms with Gasteiger partial charge in [0.15, 0.2) is 17.4 Å². The number of cyclic esters (lactones) is 1. The predicted octanol–water partition coefficient (Wildman–Crippen LogP) is 0.601. The number of phenolic OH excluding ortho intramolecular Hbond substituents is 1. The van der Waals surface area contributed by atoms with Gasteiger partial charge in [-0.1, -0.05) is 0 Å². The summed E-state index contributed by atoms with van der Waals surface area (Å²) in [6.07, 6.45) is 1.27. The zero-order valence-electron chi connectivity index (χ0n) is 10.9. The van der Waals surface area contributed by atoms with Gasteiger partial charge in [0.1, 0.15) is 6.10 Å². The maximum absolute atomic E-state index is 13.3. The second kappa shape index (κ2) is 5.83. The Balaban J connectivity index is 2.13. The van der Waals surface area contributed by atoms with Crippen molar-refractivity contribution < 1.29 is 23.4 Å². The van der Waals surface area contributed by atoms with Crippen LogP contribution in [0.3, 0.4) is 0 Å². The number of nitrogens with two attached hydrogens (primary N) is 2. The Morgan fingerprint density at radius 2 is 2.10 bits per heavy atom. The second-order valence-electron chi connectivity index (χ2n) is 4.41. The molecule has 0 spiro atoms. The molecule has 0 bridgehead atoms. The molecule has 2 rings (SSSR count). The molecule has 7 nitrogen and oxygen atoms in total. The minimum absolute atomic E-state index is 0.0479. The van der Waals surface area contributed by atoms with E-state index in [-0.39, 0.29) is 18.8 Å². The van der Waals surface area contributed by atoms with Crippen LogP contribution in [0.2, 0.25) is 0 Å². The molecule has 1 amide bonds. The largest absolute Gasteiger partial charge is 0.503 e. The summed E-state index contributed by atoms with van der Waals surface area (Å²) < 4.78 is 31.7. The summed E-state index contributed by atoms with van der Waals surface area (Å²) in [5.41, 5.74) is 5.12. The van der Waals surface area contributed by atoms with Crippen molar-refractivity contribution in [1.82, 2.24) is 5.01 Å². The minimum Gasteiger partial charge on any atom is -0.503 e. The maximum atomic E-state index is 13.3. The molecule has 0 saturated carbocycles. The van der Waals surface area contributed by atoms with Crippen LogP contribution in [-0.4, -0.2) is 35.4 Å². The number of halogens is 2. The van der Waals surface area contributed by atoms with Crippen LogP contribution in [0.5, 0.6) is 5.75 Å². The molecule has 1 heterocycles. The van der Waals surface area contributed by atoms with Gasteiger partial charge in [-0.2, -0.15) is 0 Å². The lowest BCUT2D eigenvalue weighted by atomic mass is 10.2. The van der Waals surface area contributed by atoms with E-state index in [2.05, 4.69) is 0 Å². The van der Waals surface area contributed by atoms with Crippen molar-refractivity contribution in [2.24, 2.45) is 11.6 Å². The van der Waals surface area contributed by atoms with Gasteiger partial charge in [-0.05, 0) is 0 Å². The molecule has 1 atom stereocenters. The SMILES string of the molecule is N/C=C\N(N)CC1CN(c2cc(F)c(O)c(F)c2)C(=O)O1. The van der Waals surface area contributed by atoms with E-state index >= 15 is 0 Å². The van der Waals surface area contributed by atoms with E-state index in [0.717, 1.165) is 17.0 Å². The summed E-state index contributed by atoms with van der Waals surface area (Å²) in [7, 11) is 0. The lowest BCUT2D eigenvalue weighted by Gasteiger charge is -2.17. The molecule has 5 N–H and O–H groups in total. The number of hydrazine groups is 1. The quantitative estimate of drug-likeness (QED) is 0.555. The highest BCUT2D eigenvalue weighted by molar-refractivity contribution is 5.89. The number of ether oxygens (including phenoxy) is 1. The summed E-state index contributed by atoms with van der Waals surface area (Å²) in [6, 6.07) is 1.70. The number of amides is 1. The molecule has 1 aliphatic rings. The molecule has 21 heavy (non-hydrogen) atoms. The van der Waals surface area contributed by atoms with Crippen molar-refractivity contribution in [3.05, 3.63) is 36.2 Å². The van der Waals surface area contributed by atoms with Crippen LogP contribution in [0.4, 0.5) is 19.3 Å². The van der Waals surface area contributed by atoms with Gasteiger partial charge in [-0.25, -0.2) is 19.4 Å². The van der Waals surface area contributed by atoms with E-state index in [0.29, 0.717) is 0 Å². The molecule has 0 aliphatic carbocycles. The molecule has 1 unspecified atom stereocenters. The monoisotopic (exact) mass is 300 g/mol. The molecule has 1 aromatic carbocycles. The fraction of sp³-hybridized carbons (Fsp3) is 0.250. The molecule has 0 aromatic heterocycles. The van der Waals surface area contributed by atoms with Crippen molar-refractivity contribution in [3.8, 4) is 5.75 Å².